The summed E-state index contributed by atoms with van der Waals surface area (Å²) in [5.41, 5.74) is 1.63. The first-order valence-electron chi connectivity index (χ1n) is 8.05. The molecule has 1 aliphatic rings. The second-order valence-corrected chi connectivity index (χ2v) is 5.91. The van der Waals surface area contributed by atoms with Gasteiger partial charge >= 0.3 is 5.97 Å². The molecule has 8 heteroatoms. The van der Waals surface area contributed by atoms with Crippen LogP contribution in [0.5, 0.6) is 0 Å². The van der Waals surface area contributed by atoms with Crippen molar-refractivity contribution < 1.29 is 28.6 Å². The maximum absolute atomic E-state index is 12.7. The predicted octanol–water partition coefficient (Wildman–Crippen LogP) is 1.77. The number of nitrogens with one attached hydrogen (secondary N) is 1. The van der Waals surface area contributed by atoms with Gasteiger partial charge in [0.15, 0.2) is 11.9 Å². The van der Waals surface area contributed by atoms with Crippen molar-refractivity contribution in [3.63, 3.8) is 0 Å². The van der Waals surface area contributed by atoms with Crippen molar-refractivity contribution in [2.75, 3.05) is 25.0 Å². The first-order chi connectivity index (χ1) is 12.5. The predicted molar refractivity (Wildman–Crippen MR) is 91.1 cm³/mol. The number of hydrogen-bond acceptors (Lipinski definition) is 5. The molecule has 1 unspecified atom stereocenters. The average Bonchev–Trinajstić information content (AvgIpc) is 3.18. The third-order valence-electron chi connectivity index (χ3n) is 4.11. The summed E-state index contributed by atoms with van der Waals surface area (Å²) in [5.74, 6) is -1.66. The number of morpholine rings is 1. The minimum atomic E-state index is -1.10. The van der Waals surface area contributed by atoms with Gasteiger partial charge in [-0.25, -0.2) is 4.79 Å². The number of anilines is 1. The van der Waals surface area contributed by atoms with Gasteiger partial charge in [0, 0.05) is 17.8 Å². The van der Waals surface area contributed by atoms with E-state index in [1.54, 1.807) is 37.3 Å². The smallest absolute Gasteiger partial charge is 0.334 e. The van der Waals surface area contributed by atoms with Crippen LogP contribution in [0.25, 0.3) is 0 Å². The fraction of sp³-hybridized carbons (Fsp3) is 0.278. The normalized spacial score (nSPS) is 17.0. The number of carboxylic acid groups (broad SMARTS) is 1. The zero-order valence-electron chi connectivity index (χ0n) is 14.1. The second kappa shape index (κ2) is 7.40. The van der Waals surface area contributed by atoms with Gasteiger partial charge in [-0.2, -0.15) is 0 Å². The van der Waals surface area contributed by atoms with Crippen LogP contribution >= 0.6 is 0 Å². The summed E-state index contributed by atoms with van der Waals surface area (Å²) in [6, 6.07) is 8.09. The van der Waals surface area contributed by atoms with Crippen LogP contribution < -0.4 is 5.32 Å². The quantitative estimate of drug-likeness (QED) is 0.862. The molecule has 8 nitrogen and oxygen atoms in total. The number of amides is 2. The summed E-state index contributed by atoms with van der Waals surface area (Å²) < 4.78 is 10.2. The van der Waals surface area contributed by atoms with Crippen LogP contribution in [0, 0.1) is 6.92 Å². The van der Waals surface area contributed by atoms with Crippen LogP contribution in [0.15, 0.2) is 41.0 Å². The molecule has 1 atom stereocenters. The van der Waals surface area contributed by atoms with Gasteiger partial charge in [-0.1, -0.05) is 6.07 Å². The number of benzene rings is 1. The van der Waals surface area contributed by atoms with Crippen LogP contribution in [-0.2, 0) is 9.53 Å². The first kappa shape index (κ1) is 17.7. The Kier molecular flexibility index (Phi) is 5.04. The van der Waals surface area contributed by atoms with E-state index in [0.717, 1.165) is 5.56 Å². The minimum Gasteiger partial charge on any atom is -0.479 e. The second-order valence-electron chi connectivity index (χ2n) is 5.91. The summed E-state index contributed by atoms with van der Waals surface area (Å²) in [4.78, 5) is 37.3. The molecule has 2 amide bonds. The molecule has 0 aliphatic carbocycles. The molecular weight excluding hydrogens is 340 g/mol. The molecule has 0 saturated carbocycles. The van der Waals surface area contributed by atoms with Crippen LogP contribution in [0.1, 0.15) is 26.5 Å². The lowest BCUT2D eigenvalue weighted by molar-refractivity contribution is -0.154. The van der Waals surface area contributed by atoms with E-state index < -0.39 is 18.0 Å². The van der Waals surface area contributed by atoms with Gasteiger partial charge in [0.25, 0.3) is 11.8 Å². The SMILES string of the molecule is Cc1ccc(C(=O)N2CCOC(C(=O)O)C2)cc1NC(=O)c1ccco1. The Hall–Kier alpha value is -3.13. The van der Waals surface area contributed by atoms with Gasteiger partial charge < -0.3 is 24.5 Å². The number of furan rings is 1. The van der Waals surface area contributed by atoms with Crippen molar-refractivity contribution >= 4 is 23.5 Å². The summed E-state index contributed by atoms with van der Waals surface area (Å²) >= 11 is 0. The molecular formula is C18H18N2O6. The molecule has 0 bridgehead atoms. The number of nitrogens with zero attached hydrogens (tertiary/aromatic N) is 1. The van der Waals surface area contributed by atoms with E-state index in [-0.39, 0.29) is 24.8 Å². The molecule has 0 radical (unpaired) electrons. The van der Waals surface area contributed by atoms with Crippen LogP contribution in [0.2, 0.25) is 0 Å². The molecule has 1 aromatic heterocycles. The number of carboxylic acids is 1. The van der Waals surface area contributed by atoms with Gasteiger partial charge in [0.2, 0.25) is 0 Å². The summed E-state index contributed by atoms with van der Waals surface area (Å²) in [6.07, 6.45) is 0.371. The van der Waals surface area contributed by atoms with Gasteiger partial charge in [-0.05, 0) is 36.8 Å². The third-order valence-corrected chi connectivity index (χ3v) is 4.11. The highest BCUT2D eigenvalue weighted by atomic mass is 16.5. The van der Waals surface area contributed by atoms with E-state index in [1.165, 1.54) is 11.2 Å². The summed E-state index contributed by atoms with van der Waals surface area (Å²) in [5, 5.41) is 11.8. The van der Waals surface area contributed by atoms with Gasteiger partial charge in [-0.15, -0.1) is 0 Å². The highest BCUT2D eigenvalue weighted by Crippen LogP contribution is 2.20. The fourth-order valence-electron chi connectivity index (χ4n) is 2.65. The van der Waals surface area contributed by atoms with Crippen molar-refractivity contribution in [3.05, 3.63) is 53.5 Å². The molecule has 26 heavy (non-hydrogen) atoms. The number of rotatable bonds is 4. The Morgan fingerprint density at radius 3 is 2.77 bits per heavy atom. The van der Waals surface area contributed by atoms with E-state index in [4.69, 9.17) is 14.3 Å². The third kappa shape index (κ3) is 3.75. The van der Waals surface area contributed by atoms with Crippen LogP contribution in [0.4, 0.5) is 5.69 Å². The largest absolute Gasteiger partial charge is 0.479 e. The Morgan fingerprint density at radius 1 is 1.27 bits per heavy atom. The van der Waals surface area contributed by atoms with Gasteiger partial charge in [0.1, 0.15) is 0 Å². The highest BCUT2D eigenvalue weighted by molar-refractivity contribution is 6.04. The van der Waals surface area contributed by atoms with Gasteiger partial charge in [-0.3, -0.25) is 9.59 Å². The molecule has 2 aromatic rings. The molecule has 1 aliphatic heterocycles. The number of aliphatic carboxylic acids is 1. The Balaban J connectivity index is 1.77. The van der Waals surface area contributed by atoms with Gasteiger partial charge in [0.05, 0.1) is 19.4 Å². The molecule has 0 spiro atoms. The summed E-state index contributed by atoms with van der Waals surface area (Å²) in [7, 11) is 0. The molecule has 136 valence electrons. The zero-order valence-corrected chi connectivity index (χ0v) is 14.1. The van der Waals surface area contributed by atoms with E-state index in [2.05, 4.69) is 5.32 Å². The number of carbonyl (C=O) groups excluding carboxylic acids is 2. The number of ether oxygens (including phenoxy) is 1. The van der Waals surface area contributed by atoms with Crippen molar-refractivity contribution in [3.8, 4) is 0 Å². The minimum absolute atomic E-state index is 0.0177. The van der Waals surface area contributed by atoms with Crippen LogP contribution in [-0.4, -0.2) is 53.6 Å². The highest BCUT2D eigenvalue weighted by Gasteiger charge is 2.29. The first-order valence-corrected chi connectivity index (χ1v) is 8.05. The molecule has 2 N–H and O–H groups in total. The topological polar surface area (TPSA) is 109 Å². The molecule has 2 heterocycles. The van der Waals surface area contributed by atoms with Crippen LogP contribution in [0.3, 0.4) is 0 Å². The average molecular weight is 358 g/mol. The lowest BCUT2D eigenvalue weighted by Crippen LogP contribution is -2.48. The van der Waals surface area contributed by atoms with E-state index in [9.17, 15) is 14.4 Å². The van der Waals surface area contributed by atoms with E-state index >= 15 is 0 Å². The standard InChI is InChI=1S/C18H18N2O6/c1-11-4-5-12(9-13(11)19-16(21)14-3-2-7-25-14)17(22)20-6-8-26-15(10-20)18(23)24/h2-5,7,9,15H,6,8,10H2,1H3,(H,19,21)(H,23,24). The molecule has 1 fully saturated rings. The number of aryl methyl sites for hydroxylation is 1. The molecule has 1 aromatic carbocycles. The van der Waals surface area contributed by atoms with Crippen molar-refractivity contribution in [1.29, 1.82) is 0 Å². The van der Waals surface area contributed by atoms with Crippen molar-refractivity contribution in [2.45, 2.75) is 13.0 Å². The maximum Gasteiger partial charge on any atom is 0.334 e. The lowest BCUT2D eigenvalue weighted by Gasteiger charge is -2.31. The zero-order chi connectivity index (χ0) is 18.7. The summed E-state index contributed by atoms with van der Waals surface area (Å²) in [6.45, 7) is 2.26. The molecule has 3 rings (SSSR count). The maximum atomic E-state index is 12.7. The van der Waals surface area contributed by atoms with E-state index in [0.29, 0.717) is 17.8 Å². The Bertz CT molecular complexity index is 830. The Labute approximate surface area is 149 Å². The lowest BCUT2D eigenvalue weighted by atomic mass is 10.1. The Morgan fingerprint density at radius 2 is 2.08 bits per heavy atom. The fourth-order valence-corrected chi connectivity index (χ4v) is 2.65. The molecule has 1 saturated heterocycles. The van der Waals surface area contributed by atoms with Crippen molar-refractivity contribution in [2.24, 2.45) is 0 Å². The van der Waals surface area contributed by atoms with Crippen molar-refractivity contribution in [1.82, 2.24) is 4.90 Å². The number of hydrogen-bond donors (Lipinski definition) is 2. The monoisotopic (exact) mass is 358 g/mol. The van der Waals surface area contributed by atoms with E-state index in [1.807, 2.05) is 0 Å². The number of carbonyl (C=O) groups is 3.